The van der Waals surface area contributed by atoms with Crippen molar-refractivity contribution in [1.29, 1.82) is 0 Å². The molecule has 0 aliphatic rings. The Morgan fingerprint density at radius 3 is 2.21 bits per heavy atom. The van der Waals surface area contributed by atoms with Crippen LogP contribution in [0.1, 0.15) is 12.5 Å². The van der Waals surface area contributed by atoms with Crippen LogP contribution >= 0.6 is 0 Å². The van der Waals surface area contributed by atoms with Crippen LogP contribution in [-0.2, 0) is 6.42 Å². The summed E-state index contributed by atoms with van der Waals surface area (Å²) in [6.45, 7) is 2.18. The van der Waals surface area contributed by atoms with Crippen LogP contribution in [0.2, 0.25) is 0 Å². The molecule has 2 aromatic rings. The van der Waals surface area contributed by atoms with Crippen molar-refractivity contribution in [1.82, 2.24) is 0 Å². The summed E-state index contributed by atoms with van der Waals surface area (Å²) in [6.07, 6.45) is 1.12. The average molecular weight is 187 g/mol. The zero-order valence-corrected chi connectivity index (χ0v) is 8.83. The van der Waals surface area contributed by atoms with Crippen LogP contribution in [0.25, 0.3) is 10.8 Å². The normalized spacial score (nSPS) is 9.36. The van der Waals surface area contributed by atoms with Gasteiger partial charge in [-0.15, -0.1) is 0 Å². The van der Waals surface area contributed by atoms with Crippen LogP contribution in [0.5, 0.6) is 0 Å². The third-order valence-corrected chi connectivity index (χ3v) is 2.22. The van der Waals surface area contributed by atoms with Gasteiger partial charge in [0.1, 0.15) is 0 Å². The van der Waals surface area contributed by atoms with Crippen LogP contribution in [0.15, 0.2) is 42.5 Å². The predicted octanol–water partition coefficient (Wildman–Crippen LogP) is 2.98. The van der Waals surface area contributed by atoms with Gasteiger partial charge in [0.05, 0.1) is 0 Å². The Kier molecular flexibility index (Phi) is 4.14. The second kappa shape index (κ2) is 5.40. The molecule has 2 aromatic carbocycles. The van der Waals surface area contributed by atoms with Gasteiger partial charge in [-0.25, -0.2) is 0 Å². The van der Waals surface area contributed by atoms with Crippen LogP contribution in [0, 0.1) is 0 Å². The third-order valence-electron chi connectivity index (χ3n) is 2.22. The van der Waals surface area contributed by atoms with E-state index in [-0.39, 0.29) is 0 Å². The zero-order valence-electron chi connectivity index (χ0n) is 8.83. The summed E-state index contributed by atoms with van der Waals surface area (Å²) in [7, 11) is 1.50. The Hall–Kier alpha value is -1.34. The van der Waals surface area contributed by atoms with E-state index in [2.05, 4.69) is 55.1 Å². The monoisotopic (exact) mass is 187 g/mol. The molecule has 1 heteroatoms. The topological polar surface area (TPSA) is 26.0 Å². The fourth-order valence-corrected chi connectivity index (χ4v) is 1.46. The van der Waals surface area contributed by atoms with Crippen LogP contribution in [0.4, 0.5) is 0 Å². The highest BCUT2D eigenvalue weighted by atomic mass is 14.4. The third kappa shape index (κ3) is 2.33. The van der Waals surface area contributed by atoms with Crippen molar-refractivity contribution in [3.63, 3.8) is 0 Å². The predicted molar refractivity (Wildman–Crippen MR) is 63.4 cm³/mol. The van der Waals surface area contributed by atoms with E-state index in [9.17, 15) is 0 Å². The molecule has 0 heterocycles. The number of aryl methyl sites for hydroxylation is 1. The summed E-state index contributed by atoms with van der Waals surface area (Å²) in [5.41, 5.74) is 5.91. The van der Waals surface area contributed by atoms with E-state index in [0.717, 1.165) is 6.42 Å². The fourth-order valence-electron chi connectivity index (χ4n) is 1.46. The summed E-state index contributed by atoms with van der Waals surface area (Å²) in [6, 6.07) is 15.1. The first-order valence-electron chi connectivity index (χ1n) is 4.95. The standard InChI is InChI=1S/C12H12.CH5N/c1-2-10-7-8-11-5-3-4-6-12(11)9-10;1-2/h3-9H,2H2,1H3;2H2,1H3. The van der Waals surface area contributed by atoms with E-state index in [1.54, 1.807) is 0 Å². The molecule has 0 unspecified atom stereocenters. The fraction of sp³-hybridized carbons (Fsp3) is 0.231. The minimum Gasteiger partial charge on any atom is -0.333 e. The summed E-state index contributed by atoms with van der Waals surface area (Å²) in [5, 5.41) is 2.67. The summed E-state index contributed by atoms with van der Waals surface area (Å²) < 4.78 is 0. The lowest BCUT2D eigenvalue weighted by Crippen LogP contribution is -1.79. The molecule has 0 saturated heterocycles. The first-order valence-corrected chi connectivity index (χ1v) is 4.95. The van der Waals surface area contributed by atoms with Gasteiger partial charge in [0.15, 0.2) is 0 Å². The van der Waals surface area contributed by atoms with Crippen molar-refractivity contribution in [2.75, 3.05) is 7.05 Å². The molecule has 0 amide bonds. The number of hydrogen-bond acceptors (Lipinski definition) is 1. The van der Waals surface area contributed by atoms with Gasteiger partial charge in [0, 0.05) is 0 Å². The number of benzene rings is 2. The van der Waals surface area contributed by atoms with E-state index < -0.39 is 0 Å². The van der Waals surface area contributed by atoms with Gasteiger partial charge in [-0.1, -0.05) is 49.4 Å². The number of rotatable bonds is 1. The van der Waals surface area contributed by atoms with Crippen molar-refractivity contribution < 1.29 is 0 Å². The molecule has 0 spiro atoms. The summed E-state index contributed by atoms with van der Waals surface area (Å²) >= 11 is 0. The molecule has 0 atom stereocenters. The number of hydrogen-bond donors (Lipinski definition) is 1. The lowest BCUT2D eigenvalue weighted by molar-refractivity contribution is 1.15. The van der Waals surface area contributed by atoms with Crippen molar-refractivity contribution in [3.8, 4) is 0 Å². The quantitative estimate of drug-likeness (QED) is 0.729. The Bertz CT molecular complexity index is 393. The van der Waals surface area contributed by atoms with E-state index in [0.29, 0.717) is 0 Å². The van der Waals surface area contributed by atoms with Crippen molar-refractivity contribution >= 4 is 10.8 Å². The highest BCUT2D eigenvalue weighted by Crippen LogP contribution is 2.15. The Morgan fingerprint density at radius 1 is 0.929 bits per heavy atom. The molecule has 0 aromatic heterocycles. The maximum atomic E-state index is 4.50. The highest BCUT2D eigenvalue weighted by molar-refractivity contribution is 5.82. The molecular formula is C13H17N. The van der Waals surface area contributed by atoms with Gasteiger partial charge in [0.25, 0.3) is 0 Å². The number of nitrogens with two attached hydrogens (primary N) is 1. The van der Waals surface area contributed by atoms with Gasteiger partial charge < -0.3 is 5.73 Å². The average Bonchev–Trinajstić information content (AvgIpc) is 2.31. The molecule has 0 saturated carbocycles. The van der Waals surface area contributed by atoms with Crippen LogP contribution in [-0.4, -0.2) is 7.05 Å². The smallest absolute Gasteiger partial charge is 0.0181 e. The van der Waals surface area contributed by atoms with E-state index in [1.807, 2.05) is 0 Å². The Balaban J connectivity index is 0.000000461. The summed E-state index contributed by atoms with van der Waals surface area (Å²) in [5.74, 6) is 0. The van der Waals surface area contributed by atoms with Gasteiger partial charge in [-0.05, 0) is 29.8 Å². The minimum atomic E-state index is 1.12. The SMILES string of the molecule is CCc1ccc2ccccc2c1.CN. The molecule has 74 valence electrons. The number of fused-ring (bicyclic) bond motifs is 1. The summed E-state index contributed by atoms with van der Waals surface area (Å²) in [4.78, 5) is 0. The molecule has 0 fully saturated rings. The second-order valence-corrected chi connectivity index (χ2v) is 3.04. The van der Waals surface area contributed by atoms with Crippen LogP contribution < -0.4 is 5.73 Å². The minimum absolute atomic E-state index is 1.12. The Morgan fingerprint density at radius 2 is 1.57 bits per heavy atom. The molecule has 1 nitrogen and oxygen atoms in total. The highest BCUT2D eigenvalue weighted by Gasteiger charge is 1.92. The van der Waals surface area contributed by atoms with E-state index >= 15 is 0 Å². The molecule has 2 N–H and O–H groups in total. The molecule has 2 rings (SSSR count). The molecule has 14 heavy (non-hydrogen) atoms. The zero-order chi connectivity index (χ0) is 10.4. The first kappa shape index (κ1) is 10.7. The van der Waals surface area contributed by atoms with Crippen LogP contribution in [0.3, 0.4) is 0 Å². The van der Waals surface area contributed by atoms with Crippen molar-refractivity contribution in [2.24, 2.45) is 5.73 Å². The first-order chi connectivity index (χ1) is 6.90. The van der Waals surface area contributed by atoms with E-state index in [1.165, 1.54) is 23.4 Å². The van der Waals surface area contributed by atoms with Crippen molar-refractivity contribution in [3.05, 3.63) is 48.0 Å². The lowest BCUT2D eigenvalue weighted by atomic mass is 10.1. The van der Waals surface area contributed by atoms with Gasteiger partial charge in [-0.3, -0.25) is 0 Å². The molecular weight excluding hydrogens is 170 g/mol. The van der Waals surface area contributed by atoms with Crippen molar-refractivity contribution in [2.45, 2.75) is 13.3 Å². The maximum absolute atomic E-state index is 4.50. The van der Waals surface area contributed by atoms with E-state index in [4.69, 9.17) is 0 Å². The lowest BCUT2D eigenvalue weighted by Gasteiger charge is -1.99. The largest absolute Gasteiger partial charge is 0.333 e. The Labute approximate surface area is 85.6 Å². The molecule has 0 bridgehead atoms. The maximum Gasteiger partial charge on any atom is -0.0181 e. The molecule has 0 radical (unpaired) electrons. The second-order valence-electron chi connectivity index (χ2n) is 3.04. The van der Waals surface area contributed by atoms with Gasteiger partial charge >= 0.3 is 0 Å². The molecule has 0 aliphatic carbocycles. The van der Waals surface area contributed by atoms with Gasteiger partial charge in [0.2, 0.25) is 0 Å². The van der Waals surface area contributed by atoms with Gasteiger partial charge in [-0.2, -0.15) is 0 Å². The molecule has 0 aliphatic heterocycles.